The molecule has 2 aromatic carbocycles. The molecule has 1 unspecified atom stereocenters. The molecular formula is C23H26N2O4. The van der Waals surface area contributed by atoms with Gasteiger partial charge in [0.1, 0.15) is 0 Å². The van der Waals surface area contributed by atoms with Crippen LogP contribution < -0.4 is 9.80 Å². The van der Waals surface area contributed by atoms with Crippen LogP contribution in [0.25, 0.3) is 0 Å². The lowest BCUT2D eigenvalue weighted by Crippen LogP contribution is -2.40. The Labute approximate surface area is 171 Å². The molecule has 0 bridgehead atoms. The number of anilines is 2. The van der Waals surface area contributed by atoms with Gasteiger partial charge < -0.3 is 14.5 Å². The first-order valence-electron chi connectivity index (χ1n) is 9.77. The van der Waals surface area contributed by atoms with Crippen molar-refractivity contribution in [3.63, 3.8) is 0 Å². The second-order valence-electron chi connectivity index (χ2n) is 7.54. The molecule has 0 aliphatic carbocycles. The maximum Gasteiger partial charge on any atom is 0.311 e. The van der Waals surface area contributed by atoms with Crippen molar-refractivity contribution in [1.82, 2.24) is 0 Å². The molecule has 0 radical (unpaired) electrons. The minimum Gasteiger partial charge on any atom is -0.455 e. The van der Waals surface area contributed by atoms with E-state index in [1.54, 1.807) is 9.80 Å². The highest BCUT2D eigenvalue weighted by Crippen LogP contribution is 2.26. The predicted molar refractivity (Wildman–Crippen MR) is 112 cm³/mol. The number of rotatable bonds is 6. The predicted octanol–water partition coefficient (Wildman–Crippen LogP) is 3.33. The van der Waals surface area contributed by atoms with E-state index in [9.17, 15) is 14.4 Å². The lowest BCUT2D eigenvalue weighted by molar-refractivity contribution is -0.151. The summed E-state index contributed by atoms with van der Waals surface area (Å²) < 4.78 is 5.28. The van der Waals surface area contributed by atoms with Crippen molar-refractivity contribution in [2.45, 2.75) is 33.2 Å². The Morgan fingerprint density at radius 2 is 1.76 bits per heavy atom. The third kappa shape index (κ3) is 4.83. The van der Waals surface area contributed by atoms with Crippen molar-refractivity contribution in [1.29, 1.82) is 0 Å². The van der Waals surface area contributed by atoms with Crippen molar-refractivity contribution in [3.05, 3.63) is 60.2 Å². The van der Waals surface area contributed by atoms with E-state index in [0.717, 1.165) is 16.9 Å². The highest BCUT2D eigenvalue weighted by atomic mass is 16.5. The van der Waals surface area contributed by atoms with Gasteiger partial charge in [0.15, 0.2) is 6.61 Å². The van der Waals surface area contributed by atoms with Gasteiger partial charge in [-0.15, -0.1) is 0 Å². The molecule has 1 saturated heterocycles. The number of ether oxygens (including phenoxy) is 1. The minimum absolute atomic E-state index is 0.0753. The van der Waals surface area contributed by atoms with Crippen LogP contribution in [0.5, 0.6) is 0 Å². The molecule has 152 valence electrons. The summed E-state index contributed by atoms with van der Waals surface area (Å²) in [6, 6.07) is 16.8. The van der Waals surface area contributed by atoms with Crippen LogP contribution in [0.2, 0.25) is 0 Å². The average molecular weight is 394 g/mol. The molecule has 2 aromatic rings. The van der Waals surface area contributed by atoms with Gasteiger partial charge in [-0.2, -0.15) is 0 Å². The standard InChI is InChI=1S/C23H26N2O4/c1-16(2)25(20-7-5-4-6-8-20)22(27)15-29-23(28)18-13-21(26)24(14-18)19-11-9-17(3)10-12-19/h4-12,16,18H,13-15H2,1-3H3. The van der Waals surface area contributed by atoms with Gasteiger partial charge in [-0.05, 0) is 45.0 Å². The van der Waals surface area contributed by atoms with Crippen molar-refractivity contribution < 1.29 is 19.1 Å². The van der Waals surface area contributed by atoms with Gasteiger partial charge in [0.25, 0.3) is 5.91 Å². The second kappa shape index (κ2) is 8.90. The number of esters is 1. The summed E-state index contributed by atoms with van der Waals surface area (Å²) in [5, 5.41) is 0. The second-order valence-corrected chi connectivity index (χ2v) is 7.54. The Balaban J connectivity index is 1.59. The van der Waals surface area contributed by atoms with E-state index in [1.165, 1.54) is 0 Å². The molecule has 0 saturated carbocycles. The zero-order valence-corrected chi connectivity index (χ0v) is 17.0. The maximum absolute atomic E-state index is 12.7. The molecule has 1 aliphatic rings. The van der Waals surface area contributed by atoms with Crippen LogP contribution in [-0.4, -0.2) is 37.0 Å². The van der Waals surface area contributed by atoms with Gasteiger partial charge in [-0.1, -0.05) is 35.9 Å². The summed E-state index contributed by atoms with van der Waals surface area (Å²) in [6.45, 7) is 5.70. The van der Waals surface area contributed by atoms with E-state index in [0.29, 0.717) is 0 Å². The van der Waals surface area contributed by atoms with Gasteiger partial charge in [0.2, 0.25) is 5.91 Å². The molecule has 1 atom stereocenters. The molecule has 1 aliphatic heterocycles. The summed E-state index contributed by atoms with van der Waals surface area (Å²) in [5.74, 6) is -1.49. The fraction of sp³-hybridized carbons (Fsp3) is 0.348. The van der Waals surface area contributed by atoms with Crippen LogP contribution in [0.4, 0.5) is 11.4 Å². The van der Waals surface area contributed by atoms with Crippen LogP contribution in [0.15, 0.2) is 54.6 Å². The number of carbonyl (C=O) groups excluding carboxylic acids is 3. The van der Waals surface area contributed by atoms with Crippen LogP contribution in [-0.2, 0) is 19.1 Å². The molecule has 29 heavy (non-hydrogen) atoms. The third-order valence-corrected chi connectivity index (χ3v) is 4.96. The maximum atomic E-state index is 12.7. The average Bonchev–Trinajstić information content (AvgIpc) is 3.09. The fourth-order valence-corrected chi connectivity index (χ4v) is 3.48. The quantitative estimate of drug-likeness (QED) is 0.705. The Bertz CT molecular complexity index is 878. The fourth-order valence-electron chi connectivity index (χ4n) is 3.48. The summed E-state index contributed by atoms with van der Waals surface area (Å²) in [5.41, 5.74) is 2.62. The van der Waals surface area contributed by atoms with Gasteiger partial charge in [0.05, 0.1) is 5.92 Å². The van der Waals surface area contributed by atoms with Gasteiger partial charge in [0, 0.05) is 30.4 Å². The monoisotopic (exact) mass is 394 g/mol. The van der Waals surface area contributed by atoms with Crippen molar-refractivity contribution in [2.24, 2.45) is 5.92 Å². The Kier molecular flexibility index (Phi) is 6.32. The first-order chi connectivity index (χ1) is 13.9. The van der Waals surface area contributed by atoms with Crippen LogP contribution in [0, 0.1) is 12.8 Å². The van der Waals surface area contributed by atoms with Gasteiger partial charge in [-0.3, -0.25) is 14.4 Å². The largest absolute Gasteiger partial charge is 0.455 e. The molecule has 2 amide bonds. The smallest absolute Gasteiger partial charge is 0.311 e. The topological polar surface area (TPSA) is 66.9 Å². The Morgan fingerprint density at radius 3 is 2.38 bits per heavy atom. The van der Waals surface area contributed by atoms with Crippen molar-refractivity contribution >= 4 is 29.2 Å². The van der Waals surface area contributed by atoms with E-state index < -0.39 is 11.9 Å². The molecule has 0 aromatic heterocycles. The summed E-state index contributed by atoms with van der Waals surface area (Å²) in [6.07, 6.45) is 0.0908. The lowest BCUT2D eigenvalue weighted by Gasteiger charge is -2.26. The molecule has 6 heteroatoms. The van der Waals surface area contributed by atoms with Crippen LogP contribution in [0.1, 0.15) is 25.8 Å². The molecule has 0 spiro atoms. The Morgan fingerprint density at radius 1 is 1.10 bits per heavy atom. The van der Waals surface area contributed by atoms with E-state index in [4.69, 9.17) is 4.74 Å². The highest BCUT2D eigenvalue weighted by molar-refractivity contribution is 6.00. The van der Waals surface area contributed by atoms with Gasteiger partial charge >= 0.3 is 5.97 Å². The van der Waals surface area contributed by atoms with Crippen LogP contribution in [0.3, 0.4) is 0 Å². The lowest BCUT2D eigenvalue weighted by atomic mass is 10.1. The number of carbonyl (C=O) groups is 3. The number of hydrogen-bond acceptors (Lipinski definition) is 4. The molecule has 6 nitrogen and oxygen atoms in total. The van der Waals surface area contributed by atoms with E-state index in [2.05, 4.69) is 0 Å². The van der Waals surface area contributed by atoms with E-state index in [1.807, 2.05) is 75.4 Å². The Hall–Kier alpha value is -3.15. The van der Waals surface area contributed by atoms with E-state index in [-0.39, 0.29) is 37.4 Å². The zero-order chi connectivity index (χ0) is 21.0. The highest BCUT2D eigenvalue weighted by Gasteiger charge is 2.36. The third-order valence-electron chi connectivity index (χ3n) is 4.96. The number of aryl methyl sites for hydroxylation is 1. The first-order valence-corrected chi connectivity index (χ1v) is 9.77. The molecule has 1 heterocycles. The summed E-state index contributed by atoms with van der Waals surface area (Å²) >= 11 is 0. The van der Waals surface area contributed by atoms with Gasteiger partial charge in [-0.25, -0.2) is 0 Å². The zero-order valence-electron chi connectivity index (χ0n) is 17.0. The number of amides is 2. The van der Waals surface area contributed by atoms with Crippen molar-refractivity contribution in [2.75, 3.05) is 23.0 Å². The summed E-state index contributed by atoms with van der Waals surface area (Å²) in [7, 11) is 0. The number of nitrogens with zero attached hydrogens (tertiary/aromatic N) is 2. The number of para-hydroxylation sites is 1. The van der Waals surface area contributed by atoms with E-state index >= 15 is 0 Å². The van der Waals surface area contributed by atoms with Crippen molar-refractivity contribution in [3.8, 4) is 0 Å². The molecule has 3 rings (SSSR count). The SMILES string of the molecule is Cc1ccc(N2CC(C(=O)OCC(=O)N(c3ccccc3)C(C)C)CC2=O)cc1. The normalized spacial score (nSPS) is 16.2. The molecular weight excluding hydrogens is 368 g/mol. The number of hydrogen-bond donors (Lipinski definition) is 0. The molecule has 0 N–H and O–H groups in total. The molecule has 1 fully saturated rings. The first kappa shape index (κ1) is 20.6. The number of benzene rings is 2. The minimum atomic E-state index is -0.569. The van der Waals surface area contributed by atoms with Crippen LogP contribution >= 0.6 is 0 Å². The summed E-state index contributed by atoms with van der Waals surface area (Å²) in [4.78, 5) is 40.7.